The molecule has 1 aromatic carbocycles. The van der Waals surface area contributed by atoms with Gasteiger partial charge in [0.25, 0.3) is 0 Å². The molecular formula is C22H28N6O2. The summed E-state index contributed by atoms with van der Waals surface area (Å²) in [7, 11) is 3.43. The summed E-state index contributed by atoms with van der Waals surface area (Å²) in [6, 6.07) is 11.8. The van der Waals surface area contributed by atoms with Crippen LogP contribution in [0.5, 0.6) is 11.5 Å². The lowest BCUT2D eigenvalue weighted by Gasteiger charge is -2.20. The van der Waals surface area contributed by atoms with Crippen LogP contribution in [0.2, 0.25) is 0 Å². The van der Waals surface area contributed by atoms with E-state index in [9.17, 15) is 0 Å². The van der Waals surface area contributed by atoms with Gasteiger partial charge in [-0.1, -0.05) is 18.2 Å². The smallest absolute Gasteiger partial charge is 0.191 e. The largest absolute Gasteiger partial charge is 0.493 e. The molecule has 2 aromatic heterocycles. The van der Waals surface area contributed by atoms with E-state index in [1.165, 1.54) is 12.8 Å². The Bertz CT molecular complexity index is 1010. The number of methoxy groups -OCH3 is 1. The Labute approximate surface area is 176 Å². The predicted molar refractivity (Wildman–Crippen MR) is 116 cm³/mol. The molecule has 0 bridgehead atoms. The minimum absolute atomic E-state index is 0.263. The minimum atomic E-state index is 0.263. The third kappa shape index (κ3) is 4.48. The van der Waals surface area contributed by atoms with Gasteiger partial charge in [0, 0.05) is 25.4 Å². The van der Waals surface area contributed by atoms with Crippen LogP contribution < -0.4 is 20.1 Å². The van der Waals surface area contributed by atoms with Crippen LogP contribution in [-0.2, 0) is 13.1 Å². The molecule has 4 rings (SSSR count). The normalized spacial score (nSPS) is 14.8. The van der Waals surface area contributed by atoms with Crippen LogP contribution in [0.25, 0.3) is 5.65 Å². The van der Waals surface area contributed by atoms with Crippen molar-refractivity contribution in [1.29, 1.82) is 0 Å². The molecule has 1 aliphatic carbocycles. The first-order valence-electron chi connectivity index (χ1n) is 10.3. The molecule has 158 valence electrons. The number of aromatic nitrogens is 3. The monoisotopic (exact) mass is 408 g/mol. The summed E-state index contributed by atoms with van der Waals surface area (Å²) < 4.78 is 13.8. The van der Waals surface area contributed by atoms with Crippen molar-refractivity contribution in [2.45, 2.75) is 44.9 Å². The van der Waals surface area contributed by atoms with Gasteiger partial charge in [-0.15, -0.1) is 10.2 Å². The maximum atomic E-state index is 6.31. The fourth-order valence-electron chi connectivity index (χ4n) is 3.74. The van der Waals surface area contributed by atoms with Crippen molar-refractivity contribution in [3.63, 3.8) is 0 Å². The third-order valence-electron chi connectivity index (χ3n) is 5.34. The Hall–Kier alpha value is -3.29. The number of guanidine groups is 1. The number of hydrogen-bond donors (Lipinski definition) is 2. The van der Waals surface area contributed by atoms with Gasteiger partial charge in [-0.25, -0.2) is 0 Å². The molecule has 3 aromatic rings. The molecule has 8 nitrogen and oxygen atoms in total. The highest BCUT2D eigenvalue weighted by molar-refractivity contribution is 5.79. The molecule has 0 radical (unpaired) electrons. The number of nitrogens with one attached hydrogen (secondary N) is 2. The van der Waals surface area contributed by atoms with Gasteiger partial charge in [0.2, 0.25) is 0 Å². The molecule has 8 heteroatoms. The zero-order valence-electron chi connectivity index (χ0n) is 17.5. The average Bonchev–Trinajstić information content (AvgIpc) is 3.44. The van der Waals surface area contributed by atoms with Gasteiger partial charge in [0.05, 0.1) is 19.8 Å². The number of nitrogens with zero attached hydrogens (tertiary/aromatic N) is 4. The highest BCUT2D eigenvalue weighted by Crippen LogP contribution is 2.34. The van der Waals surface area contributed by atoms with E-state index in [2.05, 4.69) is 31.9 Å². The van der Waals surface area contributed by atoms with Crippen molar-refractivity contribution in [1.82, 2.24) is 25.2 Å². The van der Waals surface area contributed by atoms with E-state index in [4.69, 9.17) is 9.47 Å². The second-order valence-corrected chi connectivity index (χ2v) is 7.30. The number of hydrogen-bond acceptors (Lipinski definition) is 5. The van der Waals surface area contributed by atoms with Gasteiger partial charge in [-0.05, 0) is 43.9 Å². The highest BCUT2D eigenvalue weighted by Gasteiger charge is 2.20. The summed E-state index contributed by atoms with van der Waals surface area (Å²) >= 11 is 0. The van der Waals surface area contributed by atoms with E-state index in [-0.39, 0.29) is 6.10 Å². The number of ether oxygens (including phenoxy) is 2. The molecule has 30 heavy (non-hydrogen) atoms. The first-order valence-corrected chi connectivity index (χ1v) is 10.3. The first-order chi connectivity index (χ1) is 14.8. The Kier molecular flexibility index (Phi) is 6.32. The molecule has 0 aliphatic heterocycles. The summed E-state index contributed by atoms with van der Waals surface area (Å²) in [5.74, 6) is 3.08. The minimum Gasteiger partial charge on any atom is -0.493 e. The highest BCUT2D eigenvalue weighted by atomic mass is 16.5. The number of para-hydroxylation sites is 1. The average molecular weight is 409 g/mol. The van der Waals surface area contributed by atoms with Crippen LogP contribution in [-0.4, -0.2) is 40.8 Å². The van der Waals surface area contributed by atoms with Crippen LogP contribution in [0, 0.1) is 0 Å². The van der Waals surface area contributed by atoms with Gasteiger partial charge < -0.3 is 20.1 Å². The molecule has 0 saturated heterocycles. The molecule has 1 saturated carbocycles. The summed E-state index contributed by atoms with van der Waals surface area (Å²) in [4.78, 5) is 4.32. The molecule has 0 amide bonds. The second-order valence-electron chi connectivity index (χ2n) is 7.30. The quantitative estimate of drug-likeness (QED) is 0.462. The SMILES string of the molecule is CN=C(NCc1cccc(OC)c1OC1CCCC1)NCc1nnc2ccccn12. The summed E-state index contributed by atoms with van der Waals surface area (Å²) in [6.45, 7) is 1.08. The zero-order valence-corrected chi connectivity index (χ0v) is 17.5. The lowest BCUT2D eigenvalue weighted by molar-refractivity contribution is 0.198. The summed E-state index contributed by atoms with van der Waals surface area (Å²) in [5.41, 5.74) is 1.86. The van der Waals surface area contributed by atoms with E-state index >= 15 is 0 Å². The topological polar surface area (TPSA) is 85.1 Å². The van der Waals surface area contributed by atoms with E-state index in [0.29, 0.717) is 19.0 Å². The van der Waals surface area contributed by atoms with Crippen molar-refractivity contribution in [2.24, 2.45) is 4.99 Å². The molecule has 0 unspecified atom stereocenters. The number of pyridine rings is 1. The predicted octanol–water partition coefficient (Wildman–Crippen LogP) is 2.92. The number of benzene rings is 1. The third-order valence-corrected chi connectivity index (χ3v) is 5.34. The van der Waals surface area contributed by atoms with Gasteiger partial charge in [0.15, 0.2) is 28.9 Å². The first kappa shape index (κ1) is 20.0. The molecule has 2 heterocycles. The van der Waals surface area contributed by atoms with Crippen molar-refractivity contribution >= 4 is 11.6 Å². The maximum absolute atomic E-state index is 6.31. The number of aliphatic imine (C=N–C) groups is 1. The van der Waals surface area contributed by atoms with Crippen molar-refractivity contribution in [3.05, 3.63) is 54.0 Å². The van der Waals surface area contributed by atoms with Crippen LogP contribution in [0.4, 0.5) is 0 Å². The van der Waals surface area contributed by atoms with Crippen LogP contribution in [0.3, 0.4) is 0 Å². The van der Waals surface area contributed by atoms with E-state index in [1.54, 1.807) is 14.2 Å². The lowest BCUT2D eigenvalue weighted by atomic mass is 10.1. The molecule has 0 spiro atoms. The van der Waals surface area contributed by atoms with Gasteiger partial charge in [0.1, 0.15) is 0 Å². The lowest BCUT2D eigenvalue weighted by Crippen LogP contribution is -2.37. The van der Waals surface area contributed by atoms with Gasteiger partial charge >= 0.3 is 0 Å². The molecule has 1 fully saturated rings. The van der Waals surface area contributed by atoms with Crippen molar-refractivity contribution < 1.29 is 9.47 Å². The summed E-state index contributed by atoms with van der Waals surface area (Å²) in [6.07, 6.45) is 6.85. The van der Waals surface area contributed by atoms with E-state index in [0.717, 1.165) is 41.4 Å². The Morgan fingerprint density at radius 2 is 1.93 bits per heavy atom. The van der Waals surface area contributed by atoms with Crippen molar-refractivity contribution in [2.75, 3.05) is 14.2 Å². The van der Waals surface area contributed by atoms with E-state index in [1.807, 2.05) is 40.9 Å². The molecular weight excluding hydrogens is 380 g/mol. The van der Waals surface area contributed by atoms with Crippen molar-refractivity contribution in [3.8, 4) is 11.5 Å². The number of rotatable bonds is 7. The van der Waals surface area contributed by atoms with Crippen LogP contribution in [0.1, 0.15) is 37.1 Å². The standard InChI is InChI=1S/C22H28N6O2/c1-23-22(25-15-20-27-26-19-12-5-6-13-28(19)20)24-14-16-8-7-11-18(29-2)21(16)30-17-9-3-4-10-17/h5-8,11-13,17H,3-4,9-10,14-15H2,1-2H3,(H2,23,24,25). The van der Waals surface area contributed by atoms with Gasteiger partial charge in [-0.2, -0.15) is 0 Å². The fraction of sp³-hybridized carbons (Fsp3) is 0.409. The number of fused-ring (bicyclic) bond motifs is 1. The zero-order chi connectivity index (χ0) is 20.8. The second kappa shape index (κ2) is 9.47. The Morgan fingerprint density at radius 3 is 2.73 bits per heavy atom. The van der Waals surface area contributed by atoms with E-state index < -0.39 is 0 Å². The van der Waals surface area contributed by atoms with Gasteiger partial charge in [-0.3, -0.25) is 9.39 Å². The fourth-order valence-corrected chi connectivity index (χ4v) is 3.74. The molecule has 0 atom stereocenters. The Balaban J connectivity index is 1.41. The Morgan fingerprint density at radius 1 is 1.10 bits per heavy atom. The maximum Gasteiger partial charge on any atom is 0.191 e. The summed E-state index contributed by atoms with van der Waals surface area (Å²) in [5, 5.41) is 15.1. The van der Waals surface area contributed by atoms with Crippen LogP contribution >= 0.6 is 0 Å². The molecule has 1 aliphatic rings. The van der Waals surface area contributed by atoms with Crippen LogP contribution in [0.15, 0.2) is 47.6 Å². The molecule has 2 N–H and O–H groups in total.